The number of hydrogen-bond donors (Lipinski definition) is 2. The number of anilines is 1. The first-order valence-corrected chi connectivity index (χ1v) is 6.90. The zero-order valence-electron chi connectivity index (χ0n) is 9.65. The van der Waals surface area contributed by atoms with Crippen molar-refractivity contribution < 1.29 is 8.42 Å². The number of para-hydroxylation sites is 1. The van der Waals surface area contributed by atoms with Crippen LogP contribution in [0.4, 0.5) is 5.69 Å². The average molecular weight is 266 g/mol. The molecule has 2 aromatic rings. The van der Waals surface area contributed by atoms with Crippen molar-refractivity contribution in [3.8, 4) is 0 Å². The minimum Gasteiger partial charge on any atom is -0.329 e. The number of aromatic nitrogens is 2. The third-order valence-electron chi connectivity index (χ3n) is 2.30. The Morgan fingerprint density at radius 1 is 1.28 bits per heavy atom. The van der Waals surface area contributed by atoms with Crippen LogP contribution in [0.15, 0.2) is 47.6 Å². The molecule has 2 rings (SSSR count). The van der Waals surface area contributed by atoms with E-state index in [1.54, 1.807) is 24.3 Å². The zero-order chi connectivity index (χ0) is 13.0. The van der Waals surface area contributed by atoms with Crippen LogP contribution in [0.1, 0.15) is 0 Å². The highest BCUT2D eigenvalue weighted by atomic mass is 32.2. The molecule has 0 unspecified atom stereocenters. The van der Waals surface area contributed by atoms with E-state index in [1.165, 1.54) is 17.1 Å². The van der Waals surface area contributed by atoms with Gasteiger partial charge in [-0.2, -0.15) is 5.10 Å². The first kappa shape index (κ1) is 12.6. The lowest BCUT2D eigenvalue weighted by atomic mass is 10.3. The van der Waals surface area contributed by atoms with Crippen molar-refractivity contribution in [3.05, 3.63) is 42.7 Å². The molecule has 0 bridgehead atoms. The van der Waals surface area contributed by atoms with Crippen LogP contribution in [-0.4, -0.2) is 24.7 Å². The summed E-state index contributed by atoms with van der Waals surface area (Å²) in [6.07, 6.45) is 2.76. The summed E-state index contributed by atoms with van der Waals surface area (Å²) in [5, 5.41) is 3.93. The highest BCUT2D eigenvalue weighted by Gasteiger charge is 2.16. The van der Waals surface area contributed by atoms with Crippen molar-refractivity contribution in [1.29, 1.82) is 0 Å². The molecule has 6 nitrogen and oxygen atoms in total. The fourth-order valence-corrected chi connectivity index (χ4v) is 2.47. The van der Waals surface area contributed by atoms with Crippen molar-refractivity contribution in [3.63, 3.8) is 0 Å². The molecule has 0 aliphatic carbocycles. The van der Waals surface area contributed by atoms with Gasteiger partial charge in [-0.05, 0) is 12.1 Å². The van der Waals surface area contributed by atoms with Crippen molar-refractivity contribution in [1.82, 2.24) is 9.78 Å². The molecule has 7 heteroatoms. The Morgan fingerprint density at radius 2 is 2.00 bits per heavy atom. The molecule has 1 heterocycles. The molecular formula is C11H14N4O2S. The molecule has 0 amide bonds. The molecule has 0 aliphatic rings. The van der Waals surface area contributed by atoms with Gasteiger partial charge in [0.25, 0.3) is 10.0 Å². The maximum Gasteiger partial charge on any atom is 0.265 e. The summed E-state index contributed by atoms with van der Waals surface area (Å²) in [6, 6.07) is 8.70. The van der Waals surface area contributed by atoms with Gasteiger partial charge in [-0.15, -0.1) is 0 Å². The van der Waals surface area contributed by atoms with Crippen LogP contribution >= 0.6 is 0 Å². The van der Waals surface area contributed by atoms with Gasteiger partial charge in [0.05, 0.1) is 12.7 Å². The van der Waals surface area contributed by atoms with Crippen molar-refractivity contribution in [2.45, 2.75) is 11.4 Å². The normalized spacial score (nSPS) is 11.4. The van der Waals surface area contributed by atoms with Gasteiger partial charge in [-0.1, -0.05) is 18.2 Å². The van der Waals surface area contributed by atoms with Crippen LogP contribution in [0.3, 0.4) is 0 Å². The summed E-state index contributed by atoms with van der Waals surface area (Å²) in [5.74, 6) is 0. The lowest BCUT2D eigenvalue weighted by molar-refractivity contribution is 0.599. The Labute approximate surface area is 105 Å². The molecule has 1 aromatic carbocycles. The van der Waals surface area contributed by atoms with Gasteiger partial charge >= 0.3 is 0 Å². The number of nitrogens with one attached hydrogen (secondary N) is 1. The predicted molar refractivity (Wildman–Crippen MR) is 68.5 cm³/mol. The van der Waals surface area contributed by atoms with E-state index in [-0.39, 0.29) is 4.90 Å². The Kier molecular flexibility index (Phi) is 3.63. The molecule has 0 radical (unpaired) electrons. The maximum absolute atomic E-state index is 12.0. The Balaban J connectivity index is 2.20. The standard InChI is InChI=1S/C11H14N4O2S/c12-6-7-15-9-11(8-13-15)18(16,17)14-10-4-2-1-3-5-10/h1-5,8-9,14H,6-7,12H2. The van der Waals surface area contributed by atoms with Gasteiger partial charge in [0, 0.05) is 18.4 Å². The van der Waals surface area contributed by atoms with Crippen LogP contribution in [-0.2, 0) is 16.6 Å². The second-order valence-electron chi connectivity index (χ2n) is 3.70. The molecule has 0 atom stereocenters. The molecule has 96 valence electrons. The fourth-order valence-electron chi connectivity index (χ4n) is 1.46. The number of rotatable bonds is 5. The molecule has 0 saturated carbocycles. The Morgan fingerprint density at radius 3 is 2.67 bits per heavy atom. The van der Waals surface area contributed by atoms with Crippen molar-refractivity contribution in [2.24, 2.45) is 5.73 Å². The molecule has 0 fully saturated rings. The third kappa shape index (κ3) is 2.88. The van der Waals surface area contributed by atoms with Crippen LogP contribution in [0.2, 0.25) is 0 Å². The molecule has 1 aromatic heterocycles. The van der Waals surface area contributed by atoms with Crippen molar-refractivity contribution in [2.75, 3.05) is 11.3 Å². The molecular weight excluding hydrogens is 252 g/mol. The minimum atomic E-state index is -3.58. The van der Waals surface area contributed by atoms with Gasteiger partial charge in [-0.25, -0.2) is 8.42 Å². The number of benzene rings is 1. The Hall–Kier alpha value is -1.86. The zero-order valence-corrected chi connectivity index (χ0v) is 10.5. The van der Waals surface area contributed by atoms with Crippen LogP contribution in [0, 0.1) is 0 Å². The van der Waals surface area contributed by atoms with Crippen LogP contribution in [0.5, 0.6) is 0 Å². The maximum atomic E-state index is 12.0. The number of nitrogens with two attached hydrogens (primary N) is 1. The fraction of sp³-hybridized carbons (Fsp3) is 0.182. The lowest BCUT2D eigenvalue weighted by Crippen LogP contribution is -2.13. The predicted octanol–water partition coefficient (Wildman–Crippen LogP) is 0.643. The minimum absolute atomic E-state index is 0.125. The highest BCUT2D eigenvalue weighted by Crippen LogP contribution is 2.14. The van der Waals surface area contributed by atoms with E-state index >= 15 is 0 Å². The average Bonchev–Trinajstić information content (AvgIpc) is 2.80. The van der Waals surface area contributed by atoms with Crippen molar-refractivity contribution >= 4 is 15.7 Å². The van der Waals surface area contributed by atoms with Crippen LogP contribution in [0.25, 0.3) is 0 Å². The smallest absolute Gasteiger partial charge is 0.265 e. The summed E-state index contributed by atoms with van der Waals surface area (Å²) < 4.78 is 28.0. The summed E-state index contributed by atoms with van der Waals surface area (Å²) in [6.45, 7) is 0.897. The van der Waals surface area contributed by atoms with Gasteiger partial charge in [-0.3, -0.25) is 9.40 Å². The lowest BCUT2D eigenvalue weighted by Gasteiger charge is -2.05. The highest BCUT2D eigenvalue weighted by molar-refractivity contribution is 7.92. The summed E-state index contributed by atoms with van der Waals surface area (Å²) in [7, 11) is -3.58. The summed E-state index contributed by atoms with van der Waals surface area (Å²) in [4.78, 5) is 0.125. The second-order valence-corrected chi connectivity index (χ2v) is 5.38. The number of nitrogens with zero attached hydrogens (tertiary/aromatic N) is 2. The first-order valence-electron chi connectivity index (χ1n) is 5.42. The molecule has 0 aliphatic heterocycles. The quantitative estimate of drug-likeness (QED) is 0.831. The molecule has 0 saturated heterocycles. The first-order chi connectivity index (χ1) is 8.62. The monoisotopic (exact) mass is 266 g/mol. The molecule has 18 heavy (non-hydrogen) atoms. The number of hydrogen-bond acceptors (Lipinski definition) is 4. The number of sulfonamides is 1. The van der Waals surface area contributed by atoms with E-state index in [0.29, 0.717) is 18.8 Å². The van der Waals surface area contributed by atoms with Gasteiger partial charge in [0.2, 0.25) is 0 Å². The third-order valence-corrected chi connectivity index (χ3v) is 3.64. The van der Waals surface area contributed by atoms with E-state index in [4.69, 9.17) is 5.73 Å². The SMILES string of the molecule is NCCn1cc(S(=O)(=O)Nc2ccccc2)cn1. The summed E-state index contributed by atoms with van der Waals surface area (Å²) >= 11 is 0. The van der Waals surface area contributed by atoms with E-state index in [2.05, 4.69) is 9.82 Å². The second kappa shape index (κ2) is 5.19. The Bertz CT molecular complexity index is 607. The van der Waals surface area contributed by atoms with E-state index in [1.807, 2.05) is 6.07 Å². The summed E-state index contributed by atoms with van der Waals surface area (Å²) in [5.41, 5.74) is 5.89. The van der Waals surface area contributed by atoms with Crippen LogP contribution < -0.4 is 10.5 Å². The molecule has 3 N–H and O–H groups in total. The van der Waals surface area contributed by atoms with E-state index in [0.717, 1.165) is 0 Å². The van der Waals surface area contributed by atoms with Gasteiger partial charge in [0.15, 0.2) is 0 Å². The van der Waals surface area contributed by atoms with E-state index < -0.39 is 10.0 Å². The van der Waals surface area contributed by atoms with Gasteiger partial charge < -0.3 is 5.73 Å². The largest absolute Gasteiger partial charge is 0.329 e. The topological polar surface area (TPSA) is 90.0 Å². The molecule has 0 spiro atoms. The van der Waals surface area contributed by atoms with Gasteiger partial charge in [0.1, 0.15) is 4.90 Å². The van der Waals surface area contributed by atoms with E-state index in [9.17, 15) is 8.42 Å².